The van der Waals surface area contributed by atoms with E-state index in [1.165, 1.54) is 0 Å². The SMILES string of the molecule is COc1cccc(C(=O)NCc2nc3ccccc3n2CCCOc2ccc(Cl)cc2)c1. The summed E-state index contributed by atoms with van der Waals surface area (Å²) in [6.45, 7) is 1.60. The third-order valence-corrected chi connectivity index (χ3v) is 5.33. The van der Waals surface area contributed by atoms with Crippen LogP contribution >= 0.6 is 11.6 Å². The van der Waals surface area contributed by atoms with Crippen molar-refractivity contribution in [1.29, 1.82) is 0 Å². The number of aromatic nitrogens is 2. The summed E-state index contributed by atoms with van der Waals surface area (Å²) in [6.07, 6.45) is 0.791. The number of carbonyl (C=O) groups excluding carboxylic acids is 1. The van der Waals surface area contributed by atoms with Gasteiger partial charge in [-0.3, -0.25) is 4.79 Å². The summed E-state index contributed by atoms with van der Waals surface area (Å²) < 4.78 is 13.2. The highest BCUT2D eigenvalue weighted by atomic mass is 35.5. The zero-order valence-electron chi connectivity index (χ0n) is 17.8. The Labute approximate surface area is 191 Å². The number of rotatable bonds is 9. The second kappa shape index (κ2) is 10.2. The normalized spacial score (nSPS) is 10.8. The van der Waals surface area contributed by atoms with Gasteiger partial charge in [0.1, 0.15) is 17.3 Å². The largest absolute Gasteiger partial charge is 0.497 e. The number of para-hydroxylation sites is 2. The summed E-state index contributed by atoms with van der Waals surface area (Å²) in [5.41, 5.74) is 2.48. The highest BCUT2D eigenvalue weighted by Gasteiger charge is 2.13. The number of halogens is 1. The molecule has 7 heteroatoms. The lowest BCUT2D eigenvalue weighted by molar-refractivity contribution is 0.0949. The summed E-state index contributed by atoms with van der Waals surface area (Å²) in [5, 5.41) is 3.65. The van der Waals surface area contributed by atoms with Gasteiger partial charge in [0.2, 0.25) is 0 Å². The van der Waals surface area contributed by atoms with E-state index < -0.39 is 0 Å². The number of imidazole rings is 1. The third kappa shape index (κ3) is 5.21. The van der Waals surface area contributed by atoms with Gasteiger partial charge in [0.15, 0.2) is 0 Å². The lowest BCUT2D eigenvalue weighted by Gasteiger charge is -2.11. The molecule has 0 radical (unpaired) electrons. The van der Waals surface area contributed by atoms with Gasteiger partial charge in [-0.1, -0.05) is 29.8 Å². The van der Waals surface area contributed by atoms with E-state index in [0.29, 0.717) is 29.5 Å². The Hall–Kier alpha value is -3.51. The zero-order valence-corrected chi connectivity index (χ0v) is 18.5. The maximum atomic E-state index is 12.6. The molecule has 0 aliphatic rings. The van der Waals surface area contributed by atoms with Crippen LogP contribution in [0.15, 0.2) is 72.8 Å². The molecular formula is C25H24ClN3O3. The van der Waals surface area contributed by atoms with Crippen molar-refractivity contribution >= 4 is 28.5 Å². The van der Waals surface area contributed by atoms with Gasteiger partial charge >= 0.3 is 0 Å². The topological polar surface area (TPSA) is 65.4 Å². The van der Waals surface area contributed by atoms with Crippen molar-refractivity contribution in [3.8, 4) is 11.5 Å². The van der Waals surface area contributed by atoms with Crippen LogP contribution in [0, 0.1) is 0 Å². The van der Waals surface area contributed by atoms with Crippen molar-refractivity contribution in [3.05, 3.63) is 89.2 Å². The third-order valence-electron chi connectivity index (χ3n) is 5.08. The number of carbonyl (C=O) groups is 1. The van der Waals surface area contributed by atoms with Crippen molar-refractivity contribution in [3.63, 3.8) is 0 Å². The van der Waals surface area contributed by atoms with Gasteiger partial charge in [0, 0.05) is 17.1 Å². The van der Waals surface area contributed by atoms with Crippen LogP contribution in [-0.4, -0.2) is 29.2 Å². The van der Waals surface area contributed by atoms with Crippen molar-refractivity contribution < 1.29 is 14.3 Å². The predicted octanol–water partition coefficient (Wildman–Crippen LogP) is 5.10. The Morgan fingerprint density at radius 2 is 1.84 bits per heavy atom. The minimum atomic E-state index is -0.173. The first-order valence-corrected chi connectivity index (χ1v) is 10.8. The Bertz CT molecular complexity index is 1200. The van der Waals surface area contributed by atoms with E-state index in [4.69, 9.17) is 26.1 Å². The highest BCUT2D eigenvalue weighted by molar-refractivity contribution is 6.30. The molecule has 0 saturated heterocycles. The molecule has 164 valence electrons. The molecule has 32 heavy (non-hydrogen) atoms. The maximum Gasteiger partial charge on any atom is 0.251 e. The van der Waals surface area contributed by atoms with Gasteiger partial charge in [0.05, 0.1) is 31.3 Å². The van der Waals surface area contributed by atoms with Crippen molar-refractivity contribution in [2.45, 2.75) is 19.5 Å². The summed E-state index contributed by atoms with van der Waals surface area (Å²) >= 11 is 5.92. The average molecular weight is 450 g/mol. The number of fused-ring (bicyclic) bond motifs is 1. The fourth-order valence-corrected chi connectivity index (χ4v) is 3.61. The lowest BCUT2D eigenvalue weighted by Crippen LogP contribution is -2.25. The van der Waals surface area contributed by atoms with E-state index in [-0.39, 0.29) is 5.91 Å². The molecule has 1 aromatic heterocycles. The number of ether oxygens (including phenoxy) is 2. The summed E-state index contributed by atoms with van der Waals surface area (Å²) in [6, 6.07) is 22.4. The molecule has 1 N–H and O–H groups in total. The van der Waals surface area contributed by atoms with Gasteiger partial charge in [0.25, 0.3) is 5.91 Å². The molecule has 1 amide bonds. The number of amides is 1. The Kier molecular flexibility index (Phi) is 6.92. The first kappa shape index (κ1) is 21.7. The van der Waals surface area contributed by atoms with Gasteiger partial charge in [-0.05, 0) is 61.0 Å². The van der Waals surface area contributed by atoms with Crippen LogP contribution in [-0.2, 0) is 13.1 Å². The van der Waals surface area contributed by atoms with E-state index in [1.807, 2.05) is 54.6 Å². The number of aryl methyl sites for hydroxylation is 1. The van der Waals surface area contributed by atoms with Crippen molar-refractivity contribution in [2.75, 3.05) is 13.7 Å². The predicted molar refractivity (Wildman–Crippen MR) is 125 cm³/mol. The molecule has 0 aliphatic carbocycles. The van der Waals surface area contributed by atoms with Crippen LogP contribution in [0.4, 0.5) is 0 Å². The zero-order chi connectivity index (χ0) is 22.3. The molecule has 1 heterocycles. The number of hydrogen-bond acceptors (Lipinski definition) is 4. The monoisotopic (exact) mass is 449 g/mol. The molecule has 4 aromatic rings. The van der Waals surface area contributed by atoms with Gasteiger partial charge in [-0.25, -0.2) is 4.98 Å². The van der Waals surface area contributed by atoms with Crippen LogP contribution in [0.5, 0.6) is 11.5 Å². The molecule has 4 rings (SSSR count). The van der Waals surface area contributed by atoms with E-state index in [2.05, 4.69) is 9.88 Å². The highest BCUT2D eigenvalue weighted by Crippen LogP contribution is 2.19. The number of benzene rings is 3. The quantitative estimate of drug-likeness (QED) is 0.361. The van der Waals surface area contributed by atoms with E-state index in [1.54, 1.807) is 25.3 Å². The van der Waals surface area contributed by atoms with Crippen LogP contribution in [0.1, 0.15) is 22.6 Å². The lowest BCUT2D eigenvalue weighted by atomic mass is 10.2. The molecule has 6 nitrogen and oxygen atoms in total. The molecule has 0 fully saturated rings. The Balaban J connectivity index is 1.42. The second-order valence-electron chi connectivity index (χ2n) is 7.24. The molecule has 0 atom stereocenters. The summed E-state index contributed by atoms with van der Waals surface area (Å²) in [4.78, 5) is 17.3. The first-order valence-electron chi connectivity index (χ1n) is 10.4. The van der Waals surface area contributed by atoms with Crippen LogP contribution < -0.4 is 14.8 Å². The van der Waals surface area contributed by atoms with Gasteiger partial charge in [-0.15, -0.1) is 0 Å². The molecular weight excluding hydrogens is 426 g/mol. The minimum Gasteiger partial charge on any atom is -0.497 e. The number of methoxy groups -OCH3 is 1. The Morgan fingerprint density at radius 1 is 1.03 bits per heavy atom. The number of hydrogen-bond donors (Lipinski definition) is 1. The molecule has 0 bridgehead atoms. The smallest absolute Gasteiger partial charge is 0.251 e. The fraction of sp³-hybridized carbons (Fsp3) is 0.200. The summed E-state index contributed by atoms with van der Waals surface area (Å²) in [7, 11) is 1.58. The van der Waals surface area contributed by atoms with E-state index in [9.17, 15) is 4.79 Å². The second-order valence-corrected chi connectivity index (χ2v) is 7.68. The molecule has 0 spiro atoms. The van der Waals surface area contributed by atoms with E-state index >= 15 is 0 Å². The standard InChI is InChI=1S/C25H24ClN3O3/c1-31-21-7-4-6-18(16-21)25(30)27-17-24-28-22-8-2-3-9-23(22)29(24)14-5-15-32-20-12-10-19(26)11-13-20/h2-4,6-13,16H,5,14-15,17H2,1H3,(H,27,30). The van der Waals surface area contributed by atoms with E-state index in [0.717, 1.165) is 35.6 Å². The van der Waals surface area contributed by atoms with Crippen molar-refractivity contribution in [2.24, 2.45) is 0 Å². The van der Waals surface area contributed by atoms with Crippen molar-refractivity contribution in [1.82, 2.24) is 14.9 Å². The maximum absolute atomic E-state index is 12.6. The van der Waals surface area contributed by atoms with Crippen LogP contribution in [0.25, 0.3) is 11.0 Å². The van der Waals surface area contributed by atoms with Gasteiger partial charge < -0.3 is 19.4 Å². The Morgan fingerprint density at radius 3 is 2.66 bits per heavy atom. The van der Waals surface area contributed by atoms with Crippen LogP contribution in [0.2, 0.25) is 5.02 Å². The fourth-order valence-electron chi connectivity index (χ4n) is 3.48. The number of nitrogens with one attached hydrogen (secondary N) is 1. The van der Waals surface area contributed by atoms with Crippen LogP contribution in [0.3, 0.4) is 0 Å². The van der Waals surface area contributed by atoms with Gasteiger partial charge in [-0.2, -0.15) is 0 Å². The molecule has 0 saturated carbocycles. The molecule has 0 unspecified atom stereocenters. The average Bonchev–Trinajstić information content (AvgIpc) is 3.19. The number of nitrogens with zero attached hydrogens (tertiary/aromatic N) is 2. The first-order chi connectivity index (χ1) is 15.6. The molecule has 3 aromatic carbocycles. The molecule has 0 aliphatic heterocycles. The summed E-state index contributed by atoms with van der Waals surface area (Å²) in [5.74, 6) is 2.06. The minimum absolute atomic E-state index is 0.173.